The number of benzene rings is 1. The minimum absolute atomic E-state index is 0.592. The van der Waals surface area contributed by atoms with E-state index in [1.54, 1.807) is 32.4 Å². The van der Waals surface area contributed by atoms with E-state index < -0.39 is 0 Å². The first kappa shape index (κ1) is 9.38. The number of ether oxygens (including phenoxy) is 2. The van der Waals surface area contributed by atoms with E-state index in [1.807, 2.05) is 0 Å². The minimum Gasteiger partial charge on any atom is -0.493 e. The molecule has 0 aromatic heterocycles. The van der Waals surface area contributed by atoms with E-state index in [4.69, 9.17) is 9.47 Å². The van der Waals surface area contributed by atoms with Crippen LogP contribution in [0.2, 0.25) is 0 Å². The second-order valence-corrected chi connectivity index (χ2v) is 2.33. The maximum absolute atomic E-state index is 10.1. The number of anilines is 1. The van der Waals surface area contributed by atoms with E-state index in [-0.39, 0.29) is 0 Å². The van der Waals surface area contributed by atoms with Crippen LogP contribution in [0.1, 0.15) is 0 Å². The molecule has 70 valence electrons. The number of amides is 1. The van der Waals surface area contributed by atoms with Crippen molar-refractivity contribution in [1.29, 1.82) is 0 Å². The number of rotatable bonds is 4. The fourth-order valence-corrected chi connectivity index (χ4v) is 0.994. The third kappa shape index (κ3) is 2.11. The molecule has 0 aliphatic rings. The van der Waals surface area contributed by atoms with Gasteiger partial charge in [-0.2, -0.15) is 0 Å². The fraction of sp³-hybridized carbons (Fsp3) is 0.222. The summed E-state index contributed by atoms with van der Waals surface area (Å²) in [5.41, 5.74) is 0.674. The average Bonchev–Trinajstić information content (AvgIpc) is 2.18. The summed E-state index contributed by atoms with van der Waals surface area (Å²) in [5, 5.41) is 2.52. The molecule has 0 saturated carbocycles. The molecule has 0 fully saturated rings. The maximum Gasteiger partial charge on any atom is 0.211 e. The highest BCUT2D eigenvalue weighted by atomic mass is 16.5. The van der Waals surface area contributed by atoms with Crippen molar-refractivity contribution in [2.24, 2.45) is 0 Å². The van der Waals surface area contributed by atoms with Gasteiger partial charge >= 0.3 is 0 Å². The van der Waals surface area contributed by atoms with E-state index in [1.165, 1.54) is 0 Å². The van der Waals surface area contributed by atoms with Crippen LogP contribution in [0.4, 0.5) is 5.69 Å². The van der Waals surface area contributed by atoms with Crippen molar-refractivity contribution in [3.05, 3.63) is 18.2 Å². The van der Waals surface area contributed by atoms with Crippen LogP contribution in [0.3, 0.4) is 0 Å². The van der Waals surface area contributed by atoms with Gasteiger partial charge in [-0.25, -0.2) is 0 Å². The van der Waals surface area contributed by atoms with Crippen LogP contribution in [0.25, 0.3) is 0 Å². The lowest BCUT2D eigenvalue weighted by Crippen LogP contribution is -1.95. The van der Waals surface area contributed by atoms with Gasteiger partial charge in [0.1, 0.15) is 0 Å². The first-order valence-electron chi connectivity index (χ1n) is 3.74. The molecule has 0 saturated heterocycles. The Morgan fingerprint density at radius 3 is 2.46 bits per heavy atom. The molecule has 0 unspecified atom stereocenters. The van der Waals surface area contributed by atoms with Crippen LogP contribution in [0, 0.1) is 0 Å². The number of hydrogen-bond acceptors (Lipinski definition) is 3. The Kier molecular flexibility index (Phi) is 3.14. The lowest BCUT2D eigenvalue weighted by Gasteiger charge is -2.08. The lowest BCUT2D eigenvalue weighted by atomic mass is 10.3. The SMILES string of the molecule is COc1ccc(NC=O)cc1OC. The first-order chi connectivity index (χ1) is 6.31. The molecule has 0 aliphatic carbocycles. The molecule has 1 amide bonds. The van der Waals surface area contributed by atoms with Gasteiger partial charge in [0, 0.05) is 11.8 Å². The zero-order chi connectivity index (χ0) is 9.68. The molecule has 1 N–H and O–H groups in total. The average molecular weight is 181 g/mol. The molecule has 1 aromatic rings. The predicted molar refractivity (Wildman–Crippen MR) is 49.2 cm³/mol. The van der Waals surface area contributed by atoms with E-state index in [0.29, 0.717) is 23.6 Å². The van der Waals surface area contributed by atoms with Gasteiger partial charge in [0.25, 0.3) is 0 Å². The fourth-order valence-electron chi connectivity index (χ4n) is 0.994. The summed E-state index contributed by atoms with van der Waals surface area (Å²) in [4.78, 5) is 10.1. The first-order valence-corrected chi connectivity index (χ1v) is 3.74. The third-order valence-electron chi connectivity index (χ3n) is 1.61. The van der Waals surface area contributed by atoms with Crippen LogP contribution in [0.15, 0.2) is 18.2 Å². The van der Waals surface area contributed by atoms with Gasteiger partial charge in [0.05, 0.1) is 14.2 Å². The zero-order valence-electron chi connectivity index (χ0n) is 7.53. The summed E-state index contributed by atoms with van der Waals surface area (Å²) in [5.74, 6) is 1.23. The molecule has 0 spiro atoms. The molecule has 0 aliphatic heterocycles. The third-order valence-corrected chi connectivity index (χ3v) is 1.61. The van der Waals surface area contributed by atoms with Gasteiger partial charge in [-0.15, -0.1) is 0 Å². The predicted octanol–water partition coefficient (Wildman–Crippen LogP) is 1.27. The Balaban J connectivity index is 2.98. The van der Waals surface area contributed by atoms with Crippen molar-refractivity contribution in [2.45, 2.75) is 0 Å². The van der Waals surface area contributed by atoms with Gasteiger partial charge in [0.2, 0.25) is 6.41 Å². The molecule has 13 heavy (non-hydrogen) atoms. The van der Waals surface area contributed by atoms with Crippen molar-refractivity contribution >= 4 is 12.1 Å². The summed E-state index contributed by atoms with van der Waals surface area (Å²) in [6.07, 6.45) is 0.612. The van der Waals surface area contributed by atoms with Crippen molar-refractivity contribution in [2.75, 3.05) is 19.5 Å². The molecule has 1 rings (SSSR count). The normalized spacial score (nSPS) is 9.08. The molecule has 0 bridgehead atoms. The van der Waals surface area contributed by atoms with Gasteiger partial charge < -0.3 is 14.8 Å². The molecule has 0 radical (unpaired) electrons. The van der Waals surface area contributed by atoms with Gasteiger partial charge in [-0.3, -0.25) is 4.79 Å². The molecule has 4 heteroatoms. The quantitative estimate of drug-likeness (QED) is 0.711. The Morgan fingerprint density at radius 1 is 1.23 bits per heavy atom. The summed E-state index contributed by atoms with van der Waals surface area (Å²) in [6, 6.07) is 5.15. The van der Waals surface area contributed by atoms with E-state index in [0.717, 1.165) is 0 Å². The highest BCUT2D eigenvalue weighted by Crippen LogP contribution is 2.29. The standard InChI is InChI=1S/C9H11NO3/c1-12-8-4-3-7(10-6-11)5-9(8)13-2/h3-6H,1-2H3,(H,10,11). The number of hydrogen-bond donors (Lipinski definition) is 1. The minimum atomic E-state index is 0.592. The zero-order valence-corrected chi connectivity index (χ0v) is 7.53. The lowest BCUT2D eigenvalue weighted by molar-refractivity contribution is -0.105. The van der Waals surface area contributed by atoms with Crippen LogP contribution in [-0.4, -0.2) is 20.6 Å². The Hall–Kier alpha value is -1.71. The van der Waals surface area contributed by atoms with Crippen molar-refractivity contribution in [1.82, 2.24) is 0 Å². The van der Waals surface area contributed by atoms with Crippen LogP contribution < -0.4 is 14.8 Å². The monoisotopic (exact) mass is 181 g/mol. The van der Waals surface area contributed by atoms with Crippen LogP contribution in [0.5, 0.6) is 11.5 Å². The summed E-state index contributed by atoms with van der Waals surface area (Å²) in [6.45, 7) is 0. The van der Waals surface area contributed by atoms with Crippen molar-refractivity contribution < 1.29 is 14.3 Å². The number of nitrogens with one attached hydrogen (secondary N) is 1. The Bertz CT molecular complexity index is 299. The molecule has 0 heterocycles. The number of methoxy groups -OCH3 is 2. The summed E-state index contributed by atoms with van der Waals surface area (Å²) >= 11 is 0. The van der Waals surface area contributed by atoms with E-state index >= 15 is 0 Å². The number of carbonyl (C=O) groups is 1. The van der Waals surface area contributed by atoms with Gasteiger partial charge in [-0.1, -0.05) is 0 Å². The highest BCUT2D eigenvalue weighted by molar-refractivity contribution is 5.72. The van der Waals surface area contributed by atoms with Crippen LogP contribution in [-0.2, 0) is 4.79 Å². The molecule has 1 aromatic carbocycles. The van der Waals surface area contributed by atoms with Crippen molar-refractivity contribution in [3.63, 3.8) is 0 Å². The van der Waals surface area contributed by atoms with Crippen molar-refractivity contribution in [3.8, 4) is 11.5 Å². The van der Waals surface area contributed by atoms with E-state index in [9.17, 15) is 4.79 Å². The Labute approximate surface area is 76.5 Å². The Morgan fingerprint density at radius 2 is 1.92 bits per heavy atom. The molecule has 4 nitrogen and oxygen atoms in total. The van der Waals surface area contributed by atoms with Gasteiger partial charge in [-0.05, 0) is 12.1 Å². The molecule has 0 atom stereocenters. The summed E-state index contributed by atoms with van der Waals surface area (Å²) < 4.78 is 10.1. The highest BCUT2D eigenvalue weighted by Gasteiger charge is 2.02. The van der Waals surface area contributed by atoms with Gasteiger partial charge in [0.15, 0.2) is 11.5 Å². The maximum atomic E-state index is 10.1. The molecular formula is C9H11NO3. The topological polar surface area (TPSA) is 47.6 Å². The smallest absolute Gasteiger partial charge is 0.211 e. The molecular weight excluding hydrogens is 170 g/mol. The van der Waals surface area contributed by atoms with Crippen LogP contribution >= 0.6 is 0 Å². The number of carbonyl (C=O) groups excluding carboxylic acids is 1. The van der Waals surface area contributed by atoms with E-state index in [2.05, 4.69) is 5.32 Å². The second-order valence-electron chi connectivity index (χ2n) is 2.33. The second kappa shape index (κ2) is 4.35. The largest absolute Gasteiger partial charge is 0.493 e. The summed E-state index contributed by atoms with van der Waals surface area (Å²) in [7, 11) is 3.10.